The van der Waals surface area contributed by atoms with Gasteiger partial charge in [0.1, 0.15) is 17.6 Å². The highest BCUT2D eigenvalue weighted by atomic mass is 19.1. The van der Waals surface area contributed by atoms with Gasteiger partial charge in [-0.3, -0.25) is 9.74 Å². The lowest BCUT2D eigenvalue weighted by Crippen LogP contribution is -2.32. The fourth-order valence-corrected chi connectivity index (χ4v) is 4.19. The fourth-order valence-electron chi connectivity index (χ4n) is 4.19. The van der Waals surface area contributed by atoms with Crippen molar-refractivity contribution in [3.8, 4) is 0 Å². The molecule has 2 aromatic carbocycles. The summed E-state index contributed by atoms with van der Waals surface area (Å²) in [5, 5.41) is 1.75. The van der Waals surface area contributed by atoms with E-state index in [0.29, 0.717) is 38.3 Å². The molecule has 0 radical (unpaired) electrons. The molecule has 4 rings (SSSR count). The number of nitrogens with zero attached hydrogens (tertiary/aromatic N) is 3. The van der Waals surface area contributed by atoms with Crippen LogP contribution in [0.5, 0.6) is 0 Å². The average Bonchev–Trinajstić information content (AvgIpc) is 3.00. The predicted octanol–water partition coefficient (Wildman–Crippen LogP) is 3.50. The lowest BCUT2D eigenvalue weighted by atomic mass is 10.1. The molecule has 34 heavy (non-hydrogen) atoms. The number of amides is 1. The second-order valence-electron chi connectivity index (χ2n) is 8.54. The van der Waals surface area contributed by atoms with E-state index in [9.17, 15) is 9.59 Å². The first-order valence-electron chi connectivity index (χ1n) is 11.2. The molecule has 2 aliphatic heterocycles. The number of ether oxygens (including phenoxy) is 1. The normalized spacial score (nSPS) is 19.3. The van der Waals surface area contributed by atoms with Crippen LogP contribution >= 0.6 is 0 Å². The van der Waals surface area contributed by atoms with E-state index < -0.39 is 23.8 Å². The number of halogens is 2. The second-order valence-corrected chi connectivity index (χ2v) is 8.54. The van der Waals surface area contributed by atoms with Gasteiger partial charge >= 0.3 is 6.09 Å². The third-order valence-electron chi connectivity index (χ3n) is 5.89. The van der Waals surface area contributed by atoms with Crippen LogP contribution in [0, 0.1) is 11.6 Å². The Hall–Kier alpha value is -3.24. The quantitative estimate of drug-likeness (QED) is 0.615. The van der Waals surface area contributed by atoms with E-state index in [4.69, 9.17) is 15.3 Å². The standard InChI is InChI=1S/C24H28F2N4O4/c1-16(31)5-6-20-15-30(24(32)34-20)19-12-21(25)23(22(26)13-19)28-7-8-29(33-10-9-28)14-17-3-2-4-18(27)11-17/h2-4,11-13,20H,5-10,14-15,27H2,1H3/t20-/m0/s1. The van der Waals surface area contributed by atoms with Crippen LogP contribution in [0.1, 0.15) is 25.3 Å². The van der Waals surface area contributed by atoms with Gasteiger partial charge in [-0.15, -0.1) is 0 Å². The summed E-state index contributed by atoms with van der Waals surface area (Å²) in [7, 11) is 0. The average molecular weight is 475 g/mol. The molecular weight excluding hydrogens is 446 g/mol. The Morgan fingerprint density at radius 2 is 1.91 bits per heavy atom. The molecule has 2 aromatic rings. The number of anilines is 3. The lowest BCUT2D eigenvalue weighted by molar-refractivity contribution is -0.154. The largest absolute Gasteiger partial charge is 0.444 e. The molecule has 0 unspecified atom stereocenters. The number of benzene rings is 2. The van der Waals surface area contributed by atoms with E-state index in [2.05, 4.69) is 0 Å². The third kappa shape index (κ3) is 5.63. The number of carbonyl (C=O) groups is 2. The van der Waals surface area contributed by atoms with Crippen molar-refractivity contribution < 1.29 is 27.9 Å². The number of rotatable bonds is 7. The summed E-state index contributed by atoms with van der Waals surface area (Å²) in [6.45, 7) is 3.47. The van der Waals surface area contributed by atoms with E-state index in [0.717, 1.165) is 17.7 Å². The van der Waals surface area contributed by atoms with Gasteiger partial charge in [-0.1, -0.05) is 12.1 Å². The van der Waals surface area contributed by atoms with Crippen molar-refractivity contribution in [3.63, 3.8) is 0 Å². The molecule has 0 aromatic heterocycles. The fraction of sp³-hybridized carbons (Fsp3) is 0.417. The molecule has 2 saturated heterocycles. The molecule has 2 N–H and O–H groups in total. The van der Waals surface area contributed by atoms with E-state index in [1.165, 1.54) is 11.8 Å². The molecule has 0 aliphatic carbocycles. The Bertz CT molecular complexity index is 1040. The Kier molecular flexibility index (Phi) is 7.28. The SMILES string of the molecule is CC(=O)CC[C@H]1CN(c2cc(F)c(N3CCON(Cc4cccc(N)c4)CC3)c(F)c2)C(=O)O1. The van der Waals surface area contributed by atoms with Crippen LogP contribution in [0.3, 0.4) is 0 Å². The van der Waals surface area contributed by atoms with Crippen molar-refractivity contribution in [3.05, 3.63) is 53.6 Å². The number of ketones is 1. The van der Waals surface area contributed by atoms with Crippen molar-refractivity contribution in [2.45, 2.75) is 32.4 Å². The molecule has 2 heterocycles. The van der Waals surface area contributed by atoms with Gasteiger partial charge in [0.2, 0.25) is 0 Å². The summed E-state index contributed by atoms with van der Waals surface area (Å²) in [4.78, 5) is 32.0. The first-order valence-corrected chi connectivity index (χ1v) is 11.2. The summed E-state index contributed by atoms with van der Waals surface area (Å²) < 4.78 is 35.4. The smallest absolute Gasteiger partial charge is 0.414 e. The zero-order valence-electron chi connectivity index (χ0n) is 19.0. The van der Waals surface area contributed by atoms with Crippen LogP contribution < -0.4 is 15.5 Å². The van der Waals surface area contributed by atoms with Gasteiger partial charge in [0, 0.05) is 50.4 Å². The molecule has 0 spiro atoms. The number of nitrogen functional groups attached to an aromatic ring is 1. The van der Waals surface area contributed by atoms with Gasteiger partial charge in [-0.2, -0.15) is 5.06 Å². The Morgan fingerprint density at radius 1 is 1.15 bits per heavy atom. The zero-order chi connectivity index (χ0) is 24.2. The zero-order valence-corrected chi connectivity index (χ0v) is 19.0. The van der Waals surface area contributed by atoms with E-state index in [1.54, 1.807) is 16.0 Å². The lowest BCUT2D eigenvalue weighted by Gasteiger charge is -2.24. The third-order valence-corrected chi connectivity index (χ3v) is 5.89. The number of nitrogens with two attached hydrogens (primary N) is 1. The van der Waals surface area contributed by atoms with Crippen LogP contribution in [0.15, 0.2) is 36.4 Å². The summed E-state index contributed by atoms with van der Waals surface area (Å²) in [5.41, 5.74) is 7.40. The molecule has 2 fully saturated rings. The van der Waals surface area contributed by atoms with Gasteiger partial charge in [0.05, 0.1) is 18.8 Å². The van der Waals surface area contributed by atoms with Crippen molar-refractivity contribution in [2.75, 3.05) is 48.3 Å². The van der Waals surface area contributed by atoms with Gasteiger partial charge < -0.3 is 20.2 Å². The van der Waals surface area contributed by atoms with E-state index in [-0.39, 0.29) is 36.7 Å². The highest BCUT2D eigenvalue weighted by Gasteiger charge is 2.33. The number of hydroxylamine groups is 2. The minimum Gasteiger partial charge on any atom is -0.444 e. The molecule has 2 aliphatic rings. The summed E-state index contributed by atoms with van der Waals surface area (Å²) in [6.07, 6.45) is -0.518. The number of cyclic esters (lactones) is 1. The molecule has 10 heteroatoms. The van der Waals surface area contributed by atoms with Crippen LogP contribution in [-0.2, 0) is 20.9 Å². The van der Waals surface area contributed by atoms with E-state index >= 15 is 8.78 Å². The number of carbonyl (C=O) groups excluding carboxylic acids is 2. The minimum absolute atomic E-state index is 0.0103. The van der Waals surface area contributed by atoms with Gasteiger partial charge in [-0.25, -0.2) is 13.6 Å². The Balaban J connectivity index is 1.43. The van der Waals surface area contributed by atoms with Crippen molar-refractivity contribution in [1.82, 2.24) is 5.06 Å². The van der Waals surface area contributed by atoms with Gasteiger partial charge in [0.15, 0.2) is 11.6 Å². The highest BCUT2D eigenvalue weighted by Crippen LogP contribution is 2.32. The molecule has 0 saturated carbocycles. The van der Waals surface area contributed by atoms with Crippen LogP contribution in [0.4, 0.5) is 30.6 Å². The topological polar surface area (TPSA) is 88.3 Å². The Labute approximate surface area is 196 Å². The minimum atomic E-state index is -0.765. The Morgan fingerprint density at radius 3 is 2.62 bits per heavy atom. The first-order chi connectivity index (χ1) is 16.3. The van der Waals surface area contributed by atoms with Crippen LogP contribution in [-0.4, -0.2) is 55.8 Å². The number of Topliss-reactive ketones (excluding diaryl/α,β-unsaturated/α-hetero) is 1. The molecule has 0 bridgehead atoms. The van der Waals surface area contributed by atoms with Gasteiger partial charge in [-0.05, 0) is 31.0 Å². The van der Waals surface area contributed by atoms with Crippen LogP contribution in [0.25, 0.3) is 0 Å². The van der Waals surface area contributed by atoms with Gasteiger partial charge in [0.25, 0.3) is 0 Å². The molecule has 8 nitrogen and oxygen atoms in total. The maximum Gasteiger partial charge on any atom is 0.414 e. The van der Waals surface area contributed by atoms with E-state index in [1.807, 2.05) is 18.2 Å². The van der Waals surface area contributed by atoms with Crippen molar-refractivity contribution in [2.24, 2.45) is 0 Å². The maximum absolute atomic E-state index is 15.1. The summed E-state index contributed by atoms with van der Waals surface area (Å²) in [6, 6.07) is 9.75. The summed E-state index contributed by atoms with van der Waals surface area (Å²) in [5.74, 6) is -1.54. The highest BCUT2D eigenvalue weighted by molar-refractivity contribution is 5.90. The molecular formula is C24H28F2N4O4. The second kappa shape index (κ2) is 10.4. The summed E-state index contributed by atoms with van der Waals surface area (Å²) >= 11 is 0. The number of hydrogen-bond acceptors (Lipinski definition) is 7. The maximum atomic E-state index is 15.1. The van der Waals surface area contributed by atoms with Crippen LogP contribution in [0.2, 0.25) is 0 Å². The van der Waals surface area contributed by atoms with Crippen molar-refractivity contribution in [1.29, 1.82) is 0 Å². The van der Waals surface area contributed by atoms with Crippen molar-refractivity contribution >= 4 is 28.9 Å². The molecule has 182 valence electrons. The first kappa shape index (κ1) is 23.9. The number of hydrogen-bond donors (Lipinski definition) is 1. The molecule has 1 atom stereocenters. The molecule has 1 amide bonds. The predicted molar refractivity (Wildman–Crippen MR) is 123 cm³/mol. The monoisotopic (exact) mass is 474 g/mol.